The van der Waals surface area contributed by atoms with Crippen LogP contribution < -0.4 is 5.32 Å². The second-order valence-corrected chi connectivity index (χ2v) is 5.93. The number of aryl methyl sites for hydroxylation is 1. The third-order valence-corrected chi connectivity index (χ3v) is 4.31. The minimum absolute atomic E-state index is 0.0994. The highest BCUT2D eigenvalue weighted by molar-refractivity contribution is 5.94. The van der Waals surface area contributed by atoms with E-state index in [1.807, 2.05) is 13.0 Å². The molecule has 0 amide bonds. The fourth-order valence-electron chi connectivity index (χ4n) is 2.97. The Kier molecular flexibility index (Phi) is 4.65. The number of aliphatic hydroxyl groups is 1. The maximum absolute atomic E-state index is 11.2. The van der Waals surface area contributed by atoms with Crippen LogP contribution in [-0.2, 0) is 0 Å². The summed E-state index contributed by atoms with van der Waals surface area (Å²) in [4.78, 5) is 11.2. The first-order chi connectivity index (χ1) is 9.56. The molecule has 1 saturated carbocycles. The highest BCUT2D eigenvalue weighted by atomic mass is 16.4. The first-order valence-electron chi connectivity index (χ1n) is 7.25. The molecule has 1 fully saturated rings. The summed E-state index contributed by atoms with van der Waals surface area (Å²) in [6, 6.07) is 5.29. The normalized spacial score (nSPS) is 17.7. The summed E-state index contributed by atoms with van der Waals surface area (Å²) in [7, 11) is 0. The van der Waals surface area contributed by atoms with Crippen molar-refractivity contribution in [1.29, 1.82) is 0 Å². The second-order valence-electron chi connectivity index (χ2n) is 5.93. The largest absolute Gasteiger partial charge is 0.478 e. The summed E-state index contributed by atoms with van der Waals surface area (Å²) >= 11 is 0. The fourth-order valence-corrected chi connectivity index (χ4v) is 2.97. The number of carboxylic acid groups (broad SMARTS) is 1. The lowest BCUT2D eigenvalue weighted by molar-refractivity contribution is 0.0697. The number of aromatic carboxylic acids is 1. The Morgan fingerprint density at radius 2 is 2.00 bits per heavy atom. The first kappa shape index (κ1) is 14.9. The molecule has 1 aliphatic carbocycles. The molecule has 4 nitrogen and oxygen atoms in total. The Bertz CT molecular complexity index is 479. The molecule has 1 aromatic rings. The smallest absolute Gasteiger partial charge is 0.337 e. The van der Waals surface area contributed by atoms with Crippen molar-refractivity contribution in [2.24, 2.45) is 5.41 Å². The maximum Gasteiger partial charge on any atom is 0.337 e. The molecule has 0 radical (unpaired) electrons. The minimum atomic E-state index is -0.922. The zero-order valence-electron chi connectivity index (χ0n) is 12.0. The molecule has 0 atom stereocenters. The van der Waals surface area contributed by atoms with E-state index in [1.165, 1.54) is 6.42 Å². The zero-order valence-corrected chi connectivity index (χ0v) is 12.0. The van der Waals surface area contributed by atoms with E-state index in [4.69, 9.17) is 0 Å². The van der Waals surface area contributed by atoms with E-state index >= 15 is 0 Å². The number of nitrogens with one attached hydrogen (secondary N) is 1. The SMILES string of the molecule is Cc1ccc(C(=O)O)c(NCC2(CO)CCCCC2)c1. The van der Waals surface area contributed by atoms with E-state index in [0.29, 0.717) is 17.8 Å². The predicted octanol–water partition coefficient (Wildman–Crippen LogP) is 3.05. The van der Waals surface area contributed by atoms with Gasteiger partial charge in [0.2, 0.25) is 0 Å². The number of anilines is 1. The lowest BCUT2D eigenvalue weighted by Crippen LogP contribution is -2.35. The van der Waals surface area contributed by atoms with Crippen molar-refractivity contribution in [2.75, 3.05) is 18.5 Å². The van der Waals surface area contributed by atoms with Crippen molar-refractivity contribution in [1.82, 2.24) is 0 Å². The Morgan fingerprint density at radius 1 is 1.30 bits per heavy atom. The van der Waals surface area contributed by atoms with Gasteiger partial charge in [-0.05, 0) is 37.5 Å². The fraction of sp³-hybridized carbons (Fsp3) is 0.562. The molecule has 0 unspecified atom stereocenters. The molecule has 0 heterocycles. The molecule has 2 rings (SSSR count). The molecule has 20 heavy (non-hydrogen) atoms. The van der Waals surface area contributed by atoms with Crippen LogP contribution in [0.2, 0.25) is 0 Å². The van der Waals surface area contributed by atoms with Crippen LogP contribution in [0, 0.1) is 12.3 Å². The van der Waals surface area contributed by atoms with E-state index < -0.39 is 5.97 Å². The standard InChI is InChI=1S/C16H23NO3/c1-12-5-6-13(15(19)20)14(9-12)17-10-16(11-18)7-3-2-4-8-16/h5-6,9,17-18H,2-4,7-8,10-11H2,1H3,(H,19,20). The zero-order chi connectivity index (χ0) is 14.6. The van der Waals surface area contributed by atoms with Gasteiger partial charge in [-0.3, -0.25) is 0 Å². The summed E-state index contributed by atoms with van der Waals surface area (Å²) in [6.07, 6.45) is 5.52. The van der Waals surface area contributed by atoms with Gasteiger partial charge in [0.1, 0.15) is 0 Å². The summed E-state index contributed by atoms with van der Waals surface area (Å²) in [5.74, 6) is -0.922. The van der Waals surface area contributed by atoms with E-state index in [2.05, 4.69) is 5.32 Å². The summed E-state index contributed by atoms with van der Waals surface area (Å²) in [5.41, 5.74) is 1.87. The van der Waals surface area contributed by atoms with Crippen LogP contribution in [0.25, 0.3) is 0 Å². The number of benzene rings is 1. The molecule has 0 aromatic heterocycles. The van der Waals surface area contributed by atoms with Gasteiger partial charge in [0.05, 0.1) is 12.2 Å². The van der Waals surface area contributed by atoms with Crippen molar-refractivity contribution >= 4 is 11.7 Å². The highest BCUT2D eigenvalue weighted by Crippen LogP contribution is 2.36. The third kappa shape index (κ3) is 3.31. The van der Waals surface area contributed by atoms with Crippen molar-refractivity contribution in [2.45, 2.75) is 39.0 Å². The van der Waals surface area contributed by atoms with Crippen molar-refractivity contribution in [3.05, 3.63) is 29.3 Å². The van der Waals surface area contributed by atoms with E-state index in [0.717, 1.165) is 31.2 Å². The van der Waals surface area contributed by atoms with Crippen molar-refractivity contribution in [3.8, 4) is 0 Å². The molecular weight excluding hydrogens is 254 g/mol. The number of aliphatic hydroxyl groups excluding tert-OH is 1. The summed E-state index contributed by atoms with van der Waals surface area (Å²) in [5, 5.41) is 22.2. The number of hydrogen-bond donors (Lipinski definition) is 3. The molecule has 1 aliphatic rings. The second kappa shape index (κ2) is 6.27. The van der Waals surface area contributed by atoms with Crippen molar-refractivity contribution in [3.63, 3.8) is 0 Å². The number of carbonyl (C=O) groups is 1. The Balaban J connectivity index is 2.13. The van der Waals surface area contributed by atoms with Crippen LogP contribution in [0.4, 0.5) is 5.69 Å². The lowest BCUT2D eigenvalue weighted by atomic mass is 9.74. The van der Waals surface area contributed by atoms with Crippen LogP contribution >= 0.6 is 0 Å². The van der Waals surface area contributed by atoms with E-state index in [-0.39, 0.29) is 12.0 Å². The molecule has 0 spiro atoms. The van der Waals surface area contributed by atoms with Crippen LogP contribution in [0.1, 0.15) is 48.0 Å². The molecule has 110 valence electrons. The number of rotatable bonds is 5. The highest BCUT2D eigenvalue weighted by Gasteiger charge is 2.31. The van der Waals surface area contributed by atoms with Crippen LogP contribution in [0.15, 0.2) is 18.2 Å². The maximum atomic E-state index is 11.2. The minimum Gasteiger partial charge on any atom is -0.478 e. The first-order valence-corrected chi connectivity index (χ1v) is 7.25. The average molecular weight is 277 g/mol. The molecule has 0 aliphatic heterocycles. The van der Waals surface area contributed by atoms with Gasteiger partial charge in [-0.15, -0.1) is 0 Å². The van der Waals surface area contributed by atoms with Gasteiger partial charge in [0, 0.05) is 17.6 Å². The Hall–Kier alpha value is -1.55. The molecular formula is C16H23NO3. The molecule has 0 bridgehead atoms. The van der Waals surface area contributed by atoms with Crippen LogP contribution in [-0.4, -0.2) is 29.3 Å². The monoisotopic (exact) mass is 277 g/mol. The van der Waals surface area contributed by atoms with E-state index in [9.17, 15) is 15.0 Å². The van der Waals surface area contributed by atoms with Crippen LogP contribution in [0.5, 0.6) is 0 Å². The lowest BCUT2D eigenvalue weighted by Gasteiger charge is -2.36. The van der Waals surface area contributed by atoms with Gasteiger partial charge in [-0.1, -0.05) is 25.3 Å². The van der Waals surface area contributed by atoms with Gasteiger partial charge < -0.3 is 15.5 Å². The number of hydrogen-bond acceptors (Lipinski definition) is 3. The summed E-state index contributed by atoms with van der Waals surface area (Å²) in [6.45, 7) is 2.74. The predicted molar refractivity (Wildman–Crippen MR) is 79.2 cm³/mol. The van der Waals surface area contributed by atoms with E-state index in [1.54, 1.807) is 12.1 Å². The van der Waals surface area contributed by atoms with Crippen molar-refractivity contribution < 1.29 is 15.0 Å². The van der Waals surface area contributed by atoms with Gasteiger partial charge >= 0.3 is 5.97 Å². The molecule has 1 aromatic carbocycles. The quantitative estimate of drug-likeness (QED) is 0.773. The Morgan fingerprint density at radius 3 is 2.60 bits per heavy atom. The molecule has 0 saturated heterocycles. The average Bonchev–Trinajstić information content (AvgIpc) is 2.46. The van der Waals surface area contributed by atoms with Gasteiger partial charge in [0.15, 0.2) is 0 Å². The topological polar surface area (TPSA) is 69.6 Å². The summed E-state index contributed by atoms with van der Waals surface area (Å²) < 4.78 is 0. The molecule has 4 heteroatoms. The van der Waals surface area contributed by atoms with Gasteiger partial charge in [0.25, 0.3) is 0 Å². The molecule has 3 N–H and O–H groups in total. The Labute approximate surface area is 119 Å². The van der Waals surface area contributed by atoms with Gasteiger partial charge in [-0.25, -0.2) is 4.79 Å². The number of carboxylic acids is 1. The van der Waals surface area contributed by atoms with Crippen LogP contribution in [0.3, 0.4) is 0 Å². The third-order valence-electron chi connectivity index (χ3n) is 4.31. The van der Waals surface area contributed by atoms with Gasteiger partial charge in [-0.2, -0.15) is 0 Å².